The normalized spacial score (nSPS) is 43.7. The van der Waals surface area contributed by atoms with Gasteiger partial charge in [0.05, 0.1) is 5.60 Å². The molecular formula is C7H14OS. The lowest BCUT2D eigenvalue weighted by Crippen LogP contribution is -2.30. The van der Waals surface area contributed by atoms with Crippen molar-refractivity contribution in [2.75, 3.05) is 6.26 Å². The molecule has 0 aromatic rings. The van der Waals surface area contributed by atoms with E-state index in [1.165, 1.54) is 12.8 Å². The summed E-state index contributed by atoms with van der Waals surface area (Å²) < 4.78 is 0. The lowest BCUT2D eigenvalue weighted by atomic mass is 10.1. The van der Waals surface area contributed by atoms with Crippen LogP contribution in [0.5, 0.6) is 0 Å². The predicted molar refractivity (Wildman–Crippen MR) is 41.8 cm³/mol. The SMILES string of the molecule is CS[C@H]1CCC[C@]1(C)O. The first-order valence-corrected chi connectivity index (χ1v) is 4.71. The van der Waals surface area contributed by atoms with Gasteiger partial charge in [-0.1, -0.05) is 0 Å². The molecule has 0 unspecified atom stereocenters. The highest BCUT2D eigenvalue weighted by Crippen LogP contribution is 2.36. The highest BCUT2D eigenvalue weighted by Gasteiger charge is 2.35. The molecule has 1 nitrogen and oxygen atoms in total. The van der Waals surface area contributed by atoms with Crippen molar-refractivity contribution in [1.29, 1.82) is 0 Å². The summed E-state index contributed by atoms with van der Waals surface area (Å²) >= 11 is 1.79. The predicted octanol–water partition coefficient (Wildman–Crippen LogP) is 1.65. The van der Waals surface area contributed by atoms with Gasteiger partial charge in [-0.2, -0.15) is 11.8 Å². The van der Waals surface area contributed by atoms with Gasteiger partial charge in [0, 0.05) is 5.25 Å². The Bertz CT molecular complexity index is 101. The second kappa shape index (κ2) is 2.51. The molecule has 0 amide bonds. The molecule has 1 saturated carbocycles. The first-order chi connectivity index (χ1) is 4.17. The Balaban J connectivity index is 2.52. The number of thioether (sulfide) groups is 1. The highest BCUT2D eigenvalue weighted by molar-refractivity contribution is 7.99. The van der Waals surface area contributed by atoms with Crippen molar-refractivity contribution in [2.45, 2.75) is 37.0 Å². The molecule has 1 rings (SSSR count). The Morgan fingerprint density at radius 3 is 2.56 bits per heavy atom. The van der Waals surface area contributed by atoms with Crippen LogP contribution in [0.15, 0.2) is 0 Å². The quantitative estimate of drug-likeness (QED) is 0.607. The molecule has 1 N–H and O–H groups in total. The molecule has 0 aromatic heterocycles. The van der Waals surface area contributed by atoms with Crippen LogP contribution in [0.3, 0.4) is 0 Å². The van der Waals surface area contributed by atoms with Crippen molar-refractivity contribution < 1.29 is 5.11 Å². The highest BCUT2D eigenvalue weighted by atomic mass is 32.2. The minimum absolute atomic E-state index is 0.376. The third kappa shape index (κ3) is 1.41. The standard InChI is InChI=1S/C7H14OS/c1-7(8)5-3-4-6(7)9-2/h6,8H,3-5H2,1-2H3/t6-,7-/m0/s1. The molecule has 0 radical (unpaired) electrons. The maximum Gasteiger partial charge on any atom is 0.0737 e. The van der Waals surface area contributed by atoms with Crippen LogP contribution in [0.4, 0.5) is 0 Å². The zero-order valence-electron chi connectivity index (χ0n) is 6.05. The van der Waals surface area contributed by atoms with Gasteiger partial charge in [0.15, 0.2) is 0 Å². The Morgan fingerprint density at radius 2 is 2.33 bits per heavy atom. The molecule has 0 spiro atoms. The fourth-order valence-electron chi connectivity index (χ4n) is 1.49. The van der Waals surface area contributed by atoms with Gasteiger partial charge in [-0.25, -0.2) is 0 Å². The lowest BCUT2D eigenvalue weighted by Gasteiger charge is -2.23. The van der Waals surface area contributed by atoms with Crippen LogP contribution in [0.25, 0.3) is 0 Å². The van der Waals surface area contributed by atoms with Crippen molar-refractivity contribution in [3.05, 3.63) is 0 Å². The Hall–Kier alpha value is 0.310. The minimum Gasteiger partial charge on any atom is -0.389 e. The monoisotopic (exact) mass is 146 g/mol. The van der Waals surface area contributed by atoms with Crippen LogP contribution in [0, 0.1) is 0 Å². The summed E-state index contributed by atoms with van der Waals surface area (Å²) in [6.07, 6.45) is 5.44. The van der Waals surface area contributed by atoms with Crippen molar-refractivity contribution in [3.63, 3.8) is 0 Å². The summed E-state index contributed by atoms with van der Waals surface area (Å²) in [5.41, 5.74) is -0.376. The summed E-state index contributed by atoms with van der Waals surface area (Å²) in [6.45, 7) is 1.95. The molecule has 9 heavy (non-hydrogen) atoms. The van der Waals surface area contributed by atoms with Crippen molar-refractivity contribution in [2.24, 2.45) is 0 Å². The number of aliphatic hydroxyl groups is 1. The summed E-state index contributed by atoms with van der Waals surface area (Å²) in [5.74, 6) is 0. The Morgan fingerprint density at radius 1 is 1.67 bits per heavy atom. The Kier molecular flexibility index (Phi) is 2.07. The molecule has 1 aliphatic rings. The second-order valence-electron chi connectivity index (χ2n) is 2.97. The van der Waals surface area contributed by atoms with E-state index in [0.29, 0.717) is 5.25 Å². The van der Waals surface area contributed by atoms with Crippen LogP contribution in [0.2, 0.25) is 0 Å². The average molecular weight is 146 g/mol. The fourth-order valence-corrected chi connectivity index (χ4v) is 2.52. The molecule has 0 aromatic carbocycles. The largest absolute Gasteiger partial charge is 0.389 e. The van der Waals surface area contributed by atoms with Gasteiger partial charge in [0.25, 0.3) is 0 Å². The molecule has 0 heterocycles. The first kappa shape index (κ1) is 7.42. The van der Waals surface area contributed by atoms with E-state index in [-0.39, 0.29) is 5.60 Å². The molecule has 1 aliphatic carbocycles. The molecule has 0 bridgehead atoms. The molecule has 2 atom stereocenters. The first-order valence-electron chi connectivity index (χ1n) is 3.42. The third-order valence-electron chi connectivity index (χ3n) is 2.13. The maximum absolute atomic E-state index is 9.63. The maximum atomic E-state index is 9.63. The van der Waals surface area contributed by atoms with Gasteiger partial charge < -0.3 is 5.11 Å². The lowest BCUT2D eigenvalue weighted by molar-refractivity contribution is 0.0735. The van der Waals surface area contributed by atoms with E-state index in [9.17, 15) is 5.11 Å². The molecule has 54 valence electrons. The second-order valence-corrected chi connectivity index (χ2v) is 4.01. The van der Waals surface area contributed by atoms with Crippen LogP contribution in [-0.4, -0.2) is 22.2 Å². The van der Waals surface area contributed by atoms with Crippen molar-refractivity contribution in [1.82, 2.24) is 0 Å². The van der Waals surface area contributed by atoms with Crippen molar-refractivity contribution in [3.8, 4) is 0 Å². The summed E-state index contributed by atoms with van der Waals surface area (Å²) in [7, 11) is 0. The molecule has 1 fully saturated rings. The van der Waals surface area contributed by atoms with Gasteiger partial charge in [0.1, 0.15) is 0 Å². The van der Waals surface area contributed by atoms with E-state index in [4.69, 9.17) is 0 Å². The van der Waals surface area contributed by atoms with Gasteiger partial charge >= 0.3 is 0 Å². The topological polar surface area (TPSA) is 20.2 Å². The third-order valence-corrected chi connectivity index (χ3v) is 3.44. The van der Waals surface area contributed by atoms with Crippen LogP contribution in [-0.2, 0) is 0 Å². The summed E-state index contributed by atoms with van der Waals surface area (Å²) in [5, 5.41) is 10.1. The molecular weight excluding hydrogens is 132 g/mol. The van der Waals surface area contributed by atoms with E-state index in [2.05, 4.69) is 6.26 Å². The molecule has 0 aliphatic heterocycles. The summed E-state index contributed by atoms with van der Waals surface area (Å²) in [4.78, 5) is 0. The van der Waals surface area contributed by atoms with E-state index in [1.54, 1.807) is 11.8 Å². The van der Waals surface area contributed by atoms with Crippen molar-refractivity contribution >= 4 is 11.8 Å². The number of hydrogen-bond acceptors (Lipinski definition) is 2. The zero-order valence-corrected chi connectivity index (χ0v) is 6.87. The smallest absolute Gasteiger partial charge is 0.0737 e. The Labute approximate surface area is 60.8 Å². The van der Waals surface area contributed by atoms with Crippen LogP contribution >= 0.6 is 11.8 Å². The van der Waals surface area contributed by atoms with E-state index < -0.39 is 0 Å². The van der Waals surface area contributed by atoms with Crippen LogP contribution in [0.1, 0.15) is 26.2 Å². The molecule has 2 heteroatoms. The zero-order chi connectivity index (χ0) is 6.91. The van der Waals surface area contributed by atoms with E-state index >= 15 is 0 Å². The fraction of sp³-hybridized carbons (Fsp3) is 1.00. The number of hydrogen-bond donors (Lipinski definition) is 1. The van der Waals surface area contributed by atoms with Gasteiger partial charge in [-0.15, -0.1) is 0 Å². The minimum atomic E-state index is -0.376. The van der Waals surface area contributed by atoms with E-state index in [1.807, 2.05) is 6.92 Å². The van der Waals surface area contributed by atoms with Gasteiger partial charge in [0.2, 0.25) is 0 Å². The molecule has 0 saturated heterocycles. The average Bonchev–Trinajstić information content (AvgIpc) is 2.08. The number of rotatable bonds is 1. The van der Waals surface area contributed by atoms with Gasteiger partial charge in [-0.3, -0.25) is 0 Å². The summed E-state index contributed by atoms with van der Waals surface area (Å²) in [6, 6.07) is 0. The van der Waals surface area contributed by atoms with Crippen LogP contribution < -0.4 is 0 Å². The van der Waals surface area contributed by atoms with E-state index in [0.717, 1.165) is 6.42 Å². The van der Waals surface area contributed by atoms with Gasteiger partial charge in [-0.05, 0) is 32.4 Å².